The van der Waals surface area contributed by atoms with Gasteiger partial charge in [0.1, 0.15) is 16.3 Å². The first-order chi connectivity index (χ1) is 18.3. The summed E-state index contributed by atoms with van der Waals surface area (Å²) in [6, 6.07) is 11.4. The predicted octanol–water partition coefficient (Wildman–Crippen LogP) is 3.36. The van der Waals surface area contributed by atoms with Gasteiger partial charge in [-0.15, -0.1) is 6.58 Å². The third-order valence-electron chi connectivity index (χ3n) is 6.44. The van der Waals surface area contributed by atoms with E-state index < -0.39 is 17.6 Å². The molecule has 8 nitrogen and oxygen atoms in total. The molecule has 0 saturated heterocycles. The van der Waals surface area contributed by atoms with E-state index >= 15 is 0 Å². The molecule has 2 aromatic carbocycles. The number of fused-ring (bicyclic) bond motifs is 2. The quantitative estimate of drug-likeness (QED) is 0.347. The fourth-order valence-corrected chi connectivity index (χ4v) is 6.18. The van der Waals surface area contributed by atoms with E-state index in [1.54, 1.807) is 43.0 Å². The highest BCUT2D eigenvalue weighted by Crippen LogP contribution is 2.38. The van der Waals surface area contributed by atoms with Crippen LogP contribution in [-0.4, -0.2) is 36.7 Å². The van der Waals surface area contributed by atoms with Gasteiger partial charge in [-0.05, 0) is 38.1 Å². The number of benzene rings is 2. The van der Waals surface area contributed by atoms with E-state index in [0.29, 0.717) is 50.2 Å². The van der Waals surface area contributed by atoms with E-state index in [-0.39, 0.29) is 22.6 Å². The predicted molar refractivity (Wildman–Crippen MR) is 146 cm³/mol. The van der Waals surface area contributed by atoms with Crippen molar-refractivity contribution in [3.8, 4) is 5.75 Å². The number of hydrogen-bond donors (Lipinski definition) is 0. The number of anilines is 1. The van der Waals surface area contributed by atoms with Gasteiger partial charge in [-0.1, -0.05) is 47.2 Å². The van der Waals surface area contributed by atoms with Crippen LogP contribution in [0, 0.1) is 0 Å². The van der Waals surface area contributed by atoms with E-state index in [9.17, 15) is 14.4 Å². The first kappa shape index (κ1) is 25.7. The Kier molecular flexibility index (Phi) is 6.81. The van der Waals surface area contributed by atoms with Gasteiger partial charge in [-0.25, -0.2) is 9.79 Å². The number of carbonyl (C=O) groups excluding carboxylic acids is 2. The number of nitrogens with zero attached hydrogens (tertiary/aromatic N) is 3. The molecule has 194 valence electrons. The molecule has 3 heterocycles. The Balaban J connectivity index is 1.86. The van der Waals surface area contributed by atoms with Gasteiger partial charge in [0, 0.05) is 22.7 Å². The second-order valence-electron chi connectivity index (χ2n) is 8.61. The number of ether oxygens (including phenoxy) is 2. The van der Waals surface area contributed by atoms with Crippen molar-refractivity contribution in [3.05, 3.63) is 102 Å². The van der Waals surface area contributed by atoms with Crippen LogP contribution in [0.4, 0.5) is 5.69 Å². The number of aromatic nitrogens is 1. The Labute approximate surface area is 227 Å². The molecule has 0 unspecified atom stereocenters. The third-order valence-corrected chi connectivity index (χ3v) is 7.73. The lowest BCUT2D eigenvalue weighted by atomic mass is 9.95. The summed E-state index contributed by atoms with van der Waals surface area (Å²) < 4.78 is 12.6. The minimum Gasteiger partial charge on any atom is -0.496 e. The van der Waals surface area contributed by atoms with E-state index in [1.807, 2.05) is 24.3 Å². The molecule has 0 spiro atoms. The number of allylic oxidation sites excluding steroid dienone is 1. The van der Waals surface area contributed by atoms with Crippen LogP contribution in [0.3, 0.4) is 0 Å². The van der Waals surface area contributed by atoms with Crippen molar-refractivity contribution in [1.29, 1.82) is 0 Å². The normalized spacial score (nSPS) is 17.6. The Morgan fingerprint density at radius 1 is 1.24 bits per heavy atom. The summed E-state index contributed by atoms with van der Waals surface area (Å²) >= 11 is 7.46. The van der Waals surface area contributed by atoms with Gasteiger partial charge >= 0.3 is 5.97 Å². The van der Waals surface area contributed by atoms with Crippen molar-refractivity contribution >= 4 is 46.1 Å². The van der Waals surface area contributed by atoms with Crippen molar-refractivity contribution in [1.82, 2.24) is 4.57 Å². The van der Waals surface area contributed by atoms with Crippen LogP contribution >= 0.6 is 22.9 Å². The fourth-order valence-electron chi connectivity index (χ4n) is 4.86. The topological polar surface area (TPSA) is 90.2 Å². The summed E-state index contributed by atoms with van der Waals surface area (Å²) in [6.07, 6.45) is 1.64. The SMILES string of the molecule is C=CCN1C(=O)/C(=c2\sc3n(c2=O)[C@@H](c2cc(Cl)ccc2OC)C(C(=O)OCC)=C(C)N=3)c2ccccc21. The highest BCUT2D eigenvalue weighted by atomic mass is 35.5. The maximum Gasteiger partial charge on any atom is 0.338 e. The van der Waals surface area contributed by atoms with Gasteiger partial charge in [-0.3, -0.25) is 14.2 Å². The molecule has 1 amide bonds. The van der Waals surface area contributed by atoms with Crippen molar-refractivity contribution < 1.29 is 19.1 Å². The van der Waals surface area contributed by atoms with E-state index in [1.165, 1.54) is 11.7 Å². The number of halogens is 1. The number of carbonyl (C=O) groups is 2. The number of hydrogen-bond acceptors (Lipinski definition) is 7. The zero-order chi connectivity index (χ0) is 27.1. The van der Waals surface area contributed by atoms with Gasteiger partial charge in [-0.2, -0.15) is 0 Å². The maximum atomic E-state index is 14.2. The zero-order valence-electron chi connectivity index (χ0n) is 21.0. The van der Waals surface area contributed by atoms with Gasteiger partial charge in [0.05, 0.1) is 36.2 Å². The minimum atomic E-state index is -0.927. The summed E-state index contributed by atoms with van der Waals surface area (Å²) in [5, 5.41) is 0.406. The molecule has 1 atom stereocenters. The van der Waals surface area contributed by atoms with Crippen LogP contribution in [0.5, 0.6) is 5.75 Å². The van der Waals surface area contributed by atoms with Crippen LogP contribution in [0.1, 0.15) is 31.0 Å². The molecular formula is C28H24ClN3O5S. The average molecular weight is 550 g/mol. The van der Waals surface area contributed by atoms with Crippen molar-refractivity contribution in [3.63, 3.8) is 0 Å². The van der Waals surface area contributed by atoms with Gasteiger partial charge in [0.2, 0.25) is 0 Å². The van der Waals surface area contributed by atoms with Gasteiger partial charge < -0.3 is 14.4 Å². The lowest BCUT2D eigenvalue weighted by Gasteiger charge is -2.26. The molecular weight excluding hydrogens is 526 g/mol. The van der Waals surface area contributed by atoms with E-state index in [0.717, 1.165) is 11.3 Å². The second-order valence-corrected chi connectivity index (χ2v) is 10.0. The molecule has 0 N–H and O–H groups in total. The standard InChI is InChI=1S/C28H24ClN3O5S/c1-5-13-31-19-10-8-7-9-17(19)22(25(31)33)24-26(34)32-23(18-14-16(29)11-12-20(18)36-4)21(27(35)37-6-2)15(3)30-28(32)38-24/h5,7-12,14,23H,1,6,13H2,2-4H3/b24-22-/t23-/m0/s1. The molecule has 10 heteroatoms. The van der Waals surface area contributed by atoms with Crippen LogP contribution in [0.2, 0.25) is 5.02 Å². The molecule has 0 fully saturated rings. The van der Waals surface area contributed by atoms with Crippen LogP contribution in [0.25, 0.3) is 5.57 Å². The van der Waals surface area contributed by atoms with E-state index in [4.69, 9.17) is 21.1 Å². The Bertz CT molecular complexity index is 1720. The summed E-state index contributed by atoms with van der Waals surface area (Å²) in [7, 11) is 1.50. The zero-order valence-corrected chi connectivity index (χ0v) is 22.6. The highest BCUT2D eigenvalue weighted by Gasteiger charge is 2.38. The van der Waals surface area contributed by atoms with Crippen LogP contribution < -0.4 is 24.5 Å². The van der Waals surface area contributed by atoms with Crippen LogP contribution in [0.15, 0.2) is 76.2 Å². The highest BCUT2D eigenvalue weighted by molar-refractivity contribution is 7.07. The summed E-state index contributed by atoms with van der Waals surface area (Å²) in [5.74, 6) is -0.457. The minimum absolute atomic E-state index is 0.147. The second kappa shape index (κ2) is 10.1. The summed E-state index contributed by atoms with van der Waals surface area (Å²) in [5.41, 5.74) is 2.30. The van der Waals surface area contributed by atoms with E-state index in [2.05, 4.69) is 11.6 Å². The largest absolute Gasteiger partial charge is 0.496 e. The first-order valence-electron chi connectivity index (χ1n) is 11.9. The van der Waals surface area contributed by atoms with Crippen molar-refractivity contribution in [2.75, 3.05) is 25.2 Å². The van der Waals surface area contributed by atoms with Crippen LogP contribution in [-0.2, 0) is 14.3 Å². The lowest BCUT2D eigenvalue weighted by molar-refractivity contribution is -0.139. The average Bonchev–Trinajstić information content (AvgIpc) is 3.36. The molecule has 0 bridgehead atoms. The number of amides is 1. The molecule has 2 aliphatic rings. The summed E-state index contributed by atoms with van der Waals surface area (Å²) in [6.45, 7) is 7.61. The van der Waals surface area contributed by atoms with Gasteiger partial charge in [0.25, 0.3) is 11.5 Å². The third kappa shape index (κ3) is 3.99. The smallest absolute Gasteiger partial charge is 0.338 e. The molecule has 0 saturated carbocycles. The molecule has 0 radical (unpaired) electrons. The molecule has 38 heavy (non-hydrogen) atoms. The molecule has 2 aliphatic heterocycles. The summed E-state index contributed by atoms with van der Waals surface area (Å²) in [4.78, 5) is 47.5. The number of methoxy groups -OCH3 is 1. The molecule has 0 aliphatic carbocycles. The number of rotatable bonds is 6. The lowest BCUT2D eigenvalue weighted by Crippen LogP contribution is -2.41. The number of para-hydroxylation sites is 1. The number of esters is 1. The maximum absolute atomic E-state index is 14.2. The number of thiazole rings is 1. The Morgan fingerprint density at radius 3 is 2.71 bits per heavy atom. The van der Waals surface area contributed by atoms with Crippen molar-refractivity contribution in [2.45, 2.75) is 19.9 Å². The fraction of sp³-hybridized carbons (Fsp3) is 0.214. The molecule has 1 aromatic heterocycles. The molecule has 3 aromatic rings. The van der Waals surface area contributed by atoms with Gasteiger partial charge in [0.15, 0.2) is 4.80 Å². The Hall–Kier alpha value is -3.95. The first-order valence-corrected chi connectivity index (χ1v) is 13.1. The molecule has 5 rings (SSSR count). The van der Waals surface area contributed by atoms with Crippen molar-refractivity contribution in [2.24, 2.45) is 4.99 Å². The monoisotopic (exact) mass is 549 g/mol. The Morgan fingerprint density at radius 2 is 2.00 bits per heavy atom.